The normalized spacial score (nSPS) is 14.2. The second-order valence-corrected chi connectivity index (χ2v) is 6.27. The number of amides is 2. The maximum Gasteiger partial charge on any atom is 0.315 e. The molecule has 1 aliphatic heterocycles. The van der Waals surface area contributed by atoms with Gasteiger partial charge in [0.15, 0.2) is 5.82 Å². The molecule has 0 fully saturated rings. The lowest BCUT2D eigenvalue weighted by molar-refractivity contribution is 0.240. The molecule has 2 N–H and O–H groups in total. The minimum atomic E-state index is -0.152. The second kappa shape index (κ2) is 7.40. The predicted octanol–water partition coefficient (Wildman–Crippen LogP) is 2.11. The van der Waals surface area contributed by atoms with Gasteiger partial charge in [0.25, 0.3) is 0 Å². The zero-order chi connectivity index (χ0) is 15.2. The Morgan fingerprint density at radius 2 is 2.23 bits per heavy atom. The van der Waals surface area contributed by atoms with E-state index in [9.17, 15) is 4.79 Å². The molecule has 2 amide bonds. The zero-order valence-corrected chi connectivity index (χ0v) is 13.4. The van der Waals surface area contributed by atoms with Gasteiger partial charge in [0.1, 0.15) is 5.82 Å². The molecule has 3 rings (SSSR count). The SMILES string of the molecule is O=C(NCCc1ccsc1)NCc1nnc2n1CCCCC2. The Morgan fingerprint density at radius 3 is 3.09 bits per heavy atom. The Bertz CT molecular complexity index is 607. The molecule has 0 saturated carbocycles. The number of hydrogen-bond donors (Lipinski definition) is 2. The fourth-order valence-corrected chi connectivity index (χ4v) is 3.36. The molecule has 3 heterocycles. The molecule has 0 aliphatic carbocycles. The number of nitrogens with zero attached hydrogens (tertiary/aromatic N) is 3. The van der Waals surface area contributed by atoms with E-state index in [0.717, 1.165) is 37.5 Å². The van der Waals surface area contributed by atoms with E-state index in [0.29, 0.717) is 13.1 Å². The van der Waals surface area contributed by atoms with Crippen LogP contribution in [0, 0.1) is 0 Å². The van der Waals surface area contributed by atoms with Gasteiger partial charge in [-0.3, -0.25) is 0 Å². The topological polar surface area (TPSA) is 71.8 Å². The number of urea groups is 1. The predicted molar refractivity (Wildman–Crippen MR) is 85.8 cm³/mol. The number of fused-ring (bicyclic) bond motifs is 1. The second-order valence-electron chi connectivity index (χ2n) is 5.49. The molecule has 2 aromatic heterocycles. The fourth-order valence-electron chi connectivity index (χ4n) is 2.65. The van der Waals surface area contributed by atoms with E-state index in [2.05, 4.69) is 36.8 Å². The number of thiophene rings is 1. The third kappa shape index (κ3) is 3.85. The average molecular weight is 319 g/mol. The lowest BCUT2D eigenvalue weighted by Crippen LogP contribution is -2.36. The number of aromatic nitrogens is 3. The lowest BCUT2D eigenvalue weighted by Gasteiger charge is -2.09. The summed E-state index contributed by atoms with van der Waals surface area (Å²) in [6.07, 6.45) is 5.41. The van der Waals surface area contributed by atoms with Crippen LogP contribution in [0.2, 0.25) is 0 Å². The van der Waals surface area contributed by atoms with Crippen molar-refractivity contribution in [3.8, 4) is 0 Å². The van der Waals surface area contributed by atoms with Crippen molar-refractivity contribution < 1.29 is 4.79 Å². The Hall–Kier alpha value is -1.89. The van der Waals surface area contributed by atoms with Gasteiger partial charge < -0.3 is 15.2 Å². The van der Waals surface area contributed by atoms with Gasteiger partial charge in [-0.05, 0) is 41.7 Å². The van der Waals surface area contributed by atoms with E-state index in [1.54, 1.807) is 11.3 Å². The first-order chi connectivity index (χ1) is 10.8. The molecule has 0 bridgehead atoms. The Labute approximate surface area is 133 Å². The number of aryl methyl sites for hydroxylation is 1. The van der Waals surface area contributed by atoms with Crippen LogP contribution in [0.3, 0.4) is 0 Å². The van der Waals surface area contributed by atoms with Gasteiger partial charge in [0, 0.05) is 19.5 Å². The van der Waals surface area contributed by atoms with Crippen molar-refractivity contribution in [1.82, 2.24) is 25.4 Å². The van der Waals surface area contributed by atoms with Crippen LogP contribution in [0.1, 0.15) is 36.5 Å². The van der Waals surface area contributed by atoms with E-state index >= 15 is 0 Å². The summed E-state index contributed by atoms with van der Waals surface area (Å²) in [6, 6.07) is 1.93. The Kier molecular flexibility index (Phi) is 5.05. The van der Waals surface area contributed by atoms with Crippen molar-refractivity contribution in [3.63, 3.8) is 0 Å². The van der Waals surface area contributed by atoms with Crippen LogP contribution in [0.5, 0.6) is 0 Å². The molecular weight excluding hydrogens is 298 g/mol. The van der Waals surface area contributed by atoms with Crippen molar-refractivity contribution >= 4 is 17.4 Å². The summed E-state index contributed by atoms with van der Waals surface area (Å²) in [4.78, 5) is 11.8. The summed E-state index contributed by atoms with van der Waals surface area (Å²) in [5, 5.41) is 18.3. The van der Waals surface area contributed by atoms with Crippen LogP contribution < -0.4 is 10.6 Å². The summed E-state index contributed by atoms with van der Waals surface area (Å²) < 4.78 is 2.15. The summed E-state index contributed by atoms with van der Waals surface area (Å²) in [5.41, 5.74) is 1.26. The molecular formula is C15H21N5OS. The molecule has 0 spiro atoms. The summed E-state index contributed by atoms with van der Waals surface area (Å²) in [6.45, 7) is 2.02. The van der Waals surface area contributed by atoms with E-state index in [4.69, 9.17) is 0 Å². The number of rotatable bonds is 5. The highest BCUT2D eigenvalue weighted by Crippen LogP contribution is 2.14. The molecule has 0 unspecified atom stereocenters. The highest BCUT2D eigenvalue weighted by atomic mass is 32.1. The standard InChI is InChI=1S/C15H21N5OS/c21-15(16-7-5-12-6-9-22-11-12)17-10-14-19-18-13-4-2-1-3-8-20(13)14/h6,9,11H,1-5,7-8,10H2,(H2,16,17,21). The first kappa shape index (κ1) is 15.0. The minimum Gasteiger partial charge on any atom is -0.338 e. The van der Waals surface area contributed by atoms with E-state index in [1.807, 2.05) is 5.38 Å². The molecule has 22 heavy (non-hydrogen) atoms. The molecule has 0 saturated heterocycles. The van der Waals surface area contributed by atoms with Crippen LogP contribution in [0.15, 0.2) is 16.8 Å². The van der Waals surface area contributed by atoms with Gasteiger partial charge in [-0.25, -0.2) is 4.79 Å². The highest BCUT2D eigenvalue weighted by Gasteiger charge is 2.14. The molecule has 0 atom stereocenters. The molecule has 0 radical (unpaired) electrons. The average Bonchev–Trinajstić information content (AvgIpc) is 3.10. The molecule has 2 aromatic rings. The van der Waals surface area contributed by atoms with Crippen LogP contribution in [0.25, 0.3) is 0 Å². The number of carbonyl (C=O) groups is 1. The largest absolute Gasteiger partial charge is 0.338 e. The van der Waals surface area contributed by atoms with Crippen molar-refractivity contribution in [2.75, 3.05) is 6.54 Å². The Balaban J connectivity index is 1.44. The molecule has 6 nitrogen and oxygen atoms in total. The monoisotopic (exact) mass is 319 g/mol. The first-order valence-corrected chi connectivity index (χ1v) is 8.71. The van der Waals surface area contributed by atoms with Crippen LogP contribution in [0.4, 0.5) is 4.79 Å². The van der Waals surface area contributed by atoms with Crippen molar-refractivity contribution in [2.24, 2.45) is 0 Å². The van der Waals surface area contributed by atoms with E-state index < -0.39 is 0 Å². The van der Waals surface area contributed by atoms with Crippen LogP contribution >= 0.6 is 11.3 Å². The lowest BCUT2D eigenvalue weighted by atomic mass is 10.2. The molecule has 0 aromatic carbocycles. The van der Waals surface area contributed by atoms with E-state index in [1.165, 1.54) is 18.4 Å². The molecule has 118 valence electrons. The zero-order valence-electron chi connectivity index (χ0n) is 12.5. The van der Waals surface area contributed by atoms with E-state index in [-0.39, 0.29) is 6.03 Å². The summed E-state index contributed by atoms with van der Waals surface area (Å²) >= 11 is 1.68. The van der Waals surface area contributed by atoms with Gasteiger partial charge in [-0.2, -0.15) is 11.3 Å². The third-order valence-corrected chi connectivity index (χ3v) is 4.60. The van der Waals surface area contributed by atoms with Gasteiger partial charge >= 0.3 is 6.03 Å². The van der Waals surface area contributed by atoms with Crippen molar-refractivity contribution in [2.45, 2.75) is 45.2 Å². The van der Waals surface area contributed by atoms with Crippen molar-refractivity contribution in [1.29, 1.82) is 0 Å². The maximum atomic E-state index is 11.8. The third-order valence-electron chi connectivity index (χ3n) is 3.87. The van der Waals surface area contributed by atoms with Crippen molar-refractivity contribution in [3.05, 3.63) is 34.0 Å². The van der Waals surface area contributed by atoms with Gasteiger partial charge in [0.05, 0.1) is 6.54 Å². The molecule has 1 aliphatic rings. The first-order valence-electron chi connectivity index (χ1n) is 7.76. The quantitative estimate of drug-likeness (QED) is 0.886. The van der Waals surface area contributed by atoms with Crippen LogP contribution in [-0.4, -0.2) is 27.3 Å². The fraction of sp³-hybridized carbons (Fsp3) is 0.533. The number of carbonyl (C=O) groups excluding carboxylic acids is 1. The number of nitrogens with one attached hydrogen (secondary N) is 2. The van der Waals surface area contributed by atoms with Gasteiger partial charge in [-0.1, -0.05) is 6.42 Å². The van der Waals surface area contributed by atoms with Gasteiger partial charge in [-0.15, -0.1) is 10.2 Å². The summed E-state index contributed by atoms with van der Waals surface area (Å²) in [5.74, 6) is 1.90. The van der Waals surface area contributed by atoms with Crippen LogP contribution in [-0.2, 0) is 25.9 Å². The van der Waals surface area contributed by atoms with Gasteiger partial charge in [0.2, 0.25) is 0 Å². The molecule has 7 heteroatoms. The maximum absolute atomic E-state index is 11.8. The Morgan fingerprint density at radius 1 is 1.27 bits per heavy atom. The highest BCUT2D eigenvalue weighted by molar-refractivity contribution is 7.07. The summed E-state index contributed by atoms with van der Waals surface area (Å²) in [7, 11) is 0. The minimum absolute atomic E-state index is 0.152. The smallest absolute Gasteiger partial charge is 0.315 e. The number of hydrogen-bond acceptors (Lipinski definition) is 4.